The highest BCUT2D eigenvalue weighted by molar-refractivity contribution is 5.76. The maximum Gasteiger partial charge on any atom is 0.319 e. The van der Waals surface area contributed by atoms with Crippen molar-refractivity contribution in [3.05, 3.63) is 0 Å². The topological polar surface area (TPSA) is 60.9 Å². The number of likely N-dealkylation sites (tertiary alicyclic amines) is 1. The minimum absolute atomic E-state index is 0.0384. The standard InChI is InChI=1S/C12H20N2O3/c1-12(10(15)16)4-8-6-14(7-9(8)5-12)11(17)13(2)3/h8-9H,4-7H2,1-3H3,(H,15,16)/i10+0. The molecule has 2 unspecified atom stereocenters. The molecular weight excluding hydrogens is 220 g/mol. The van der Waals surface area contributed by atoms with Crippen molar-refractivity contribution < 1.29 is 14.7 Å². The van der Waals surface area contributed by atoms with E-state index in [1.807, 2.05) is 11.8 Å². The van der Waals surface area contributed by atoms with Crippen molar-refractivity contribution in [1.82, 2.24) is 9.80 Å². The maximum atomic E-state index is 11.8. The van der Waals surface area contributed by atoms with E-state index in [0.29, 0.717) is 37.8 Å². The number of hydrogen-bond donors (Lipinski definition) is 1. The largest absolute Gasteiger partial charge is 0.481 e. The fourth-order valence-electron chi connectivity index (χ4n) is 3.26. The van der Waals surface area contributed by atoms with E-state index in [0.717, 1.165) is 0 Å². The van der Waals surface area contributed by atoms with E-state index in [9.17, 15) is 14.7 Å². The molecule has 1 N–H and O–H groups in total. The molecule has 2 rings (SSSR count). The lowest BCUT2D eigenvalue weighted by Crippen LogP contribution is -2.39. The minimum Gasteiger partial charge on any atom is -0.481 e. The summed E-state index contributed by atoms with van der Waals surface area (Å²) in [6.45, 7) is 3.25. The van der Waals surface area contributed by atoms with Crippen molar-refractivity contribution in [1.29, 1.82) is 0 Å². The lowest BCUT2D eigenvalue weighted by atomic mass is 9.87. The van der Waals surface area contributed by atoms with Crippen molar-refractivity contribution in [2.24, 2.45) is 17.3 Å². The Kier molecular flexibility index (Phi) is 2.79. The van der Waals surface area contributed by atoms with Gasteiger partial charge in [0.1, 0.15) is 0 Å². The highest BCUT2D eigenvalue weighted by Gasteiger charge is 2.51. The van der Waals surface area contributed by atoms with Crippen LogP contribution in [-0.4, -0.2) is 54.1 Å². The Balaban J connectivity index is 2.01. The van der Waals surface area contributed by atoms with E-state index in [2.05, 4.69) is 0 Å². The van der Waals surface area contributed by atoms with Crippen LogP contribution in [0.3, 0.4) is 0 Å². The van der Waals surface area contributed by atoms with Crippen LogP contribution in [0.4, 0.5) is 4.79 Å². The third-order valence-electron chi connectivity index (χ3n) is 4.17. The number of carboxylic acid groups (broad SMARTS) is 1. The van der Waals surface area contributed by atoms with E-state index in [-0.39, 0.29) is 6.03 Å². The lowest BCUT2D eigenvalue weighted by molar-refractivity contribution is -0.147. The van der Waals surface area contributed by atoms with E-state index in [1.54, 1.807) is 19.0 Å². The third-order valence-corrected chi connectivity index (χ3v) is 4.17. The molecule has 1 saturated heterocycles. The van der Waals surface area contributed by atoms with E-state index in [1.165, 1.54) is 0 Å². The molecule has 17 heavy (non-hydrogen) atoms. The quantitative estimate of drug-likeness (QED) is 0.746. The second kappa shape index (κ2) is 3.89. The van der Waals surface area contributed by atoms with Crippen LogP contribution in [0.2, 0.25) is 0 Å². The average Bonchev–Trinajstić information content (AvgIpc) is 2.71. The van der Waals surface area contributed by atoms with Crippen molar-refractivity contribution in [2.45, 2.75) is 19.8 Å². The molecule has 2 fully saturated rings. The van der Waals surface area contributed by atoms with Crippen molar-refractivity contribution in [3.8, 4) is 0 Å². The number of amides is 2. The molecular formula is C12H20N2O3. The summed E-state index contributed by atoms with van der Waals surface area (Å²) in [4.78, 5) is 26.4. The molecule has 1 aliphatic carbocycles. The van der Waals surface area contributed by atoms with Gasteiger partial charge in [-0.15, -0.1) is 0 Å². The van der Waals surface area contributed by atoms with Crippen molar-refractivity contribution in [3.63, 3.8) is 0 Å². The molecule has 5 nitrogen and oxygen atoms in total. The molecule has 0 bridgehead atoms. The Bertz CT molecular complexity index is 340. The first-order valence-electron chi connectivity index (χ1n) is 6.03. The number of nitrogens with zero attached hydrogens (tertiary/aromatic N) is 2. The van der Waals surface area contributed by atoms with Crippen LogP contribution in [-0.2, 0) is 4.79 Å². The summed E-state index contributed by atoms with van der Waals surface area (Å²) in [5.41, 5.74) is -0.581. The fraction of sp³-hybridized carbons (Fsp3) is 0.833. The smallest absolute Gasteiger partial charge is 0.319 e. The number of hydrogen-bond acceptors (Lipinski definition) is 2. The number of carbonyl (C=O) groups is 2. The second-order valence-corrected chi connectivity index (χ2v) is 5.88. The molecule has 0 radical (unpaired) electrons. The average molecular weight is 240 g/mol. The predicted molar refractivity (Wildman–Crippen MR) is 62.6 cm³/mol. The van der Waals surface area contributed by atoms with Gasteiger partial charge >= 0.3 is 12.0 Å². The molecule has 5 heteroatoms. The zero-order valence-electron chi connectivity index (χ0n) is 10.6. The predicted octanol–water partition coefficient (Wildman–Crippen LogP) is 1.10. The Labute approximate surface area is 101 Å². The van der Waals surface area contributed by atoms with Crippen LogP contribution in [0.25, 0.3) is 0 Å². The summed E-state index contributed by atoms with van der Waals surface area (Å²) < 4.78 is 0. The van der Waals surface area contributed by atoms with Gasteiger partial charge in [0.25, 0.3) is 0 Å². The summed E-state index contributed by atoms with van der Waals surface area (Å²) >= 11 is 0. The Hall–Kier alpha value is -1.26. The molecule has 2 atom stereocenters. The molecule has 1 saturated carbocycles. The van der Waals surface area contributed by atoms with Gasteiger partial charge in [-0.25, -0.2) is 4.79 Å². The van der Waals surface area contributed by atoms with Gasteiger partial charge in [-0.2, -0.15) is 0 Å². The summed E-state index contributed by atoms with van der Waals surface area (Å²) in [5, 5.41) is 9.20. The highest BCUT2D eigenvalue weighted by atomic mass is 16.4. The number of rotatable bonds is 1. The van der Waals surface area contributed by atoms with Crippen molar-refractivity contribution >= 4 is 12.0 Å². The zero-order valence-corrected chi connectivity index (χ0v) is 10.6. The third kappa shape index (κ3) is 1.98. The van der Waals surface area contributed by atoms with Crippen LogP contribution < -0.4 is 0 Å². The van der Waals surface area contributed by atoms with Crippen molar-refractivity contribution in [2.75, 3.05) is 27.2 Å². The molecule has 96 valence electrons. The first-order valence-corrected chi connectivity index (χ1v) is 6.03. The monoisotopic (exact) mass is 240 g/mol. The van der Waals surface area contributed by atoms with E-state index in [4.69, 9.17) is 0 Å². The van der Waals surface area contributed by atoms with Gasteiger partial charge in [0.05, 0.1) is 5.41 Å². The molecule has 0 aromatic rings. The molecule has 2 aliphatic rings. The minimum atomic E-state index is -0.697. The maximum absolute atomic E-state index is 11.8. The molecule has 1 aliphatic heterocycles. The summed E-state index contributed by atoms with van der Waals surface area (Å²) in [6.07, 6.45) is 1.40. The Morgan fingerprint density at radius 1 is 1.24 bits per heavy atom. The van der Waals surface area contributed by atoms with Crippen LogP contribution in [0.5, 0.6) is 0 Å². The number of carbonyl (C=O) groups excluding carboxylic acids is 1. The van der Waals surface area contributed by atoms with Crippen LogP contribution >= 0.6 is 0 Å². The van der Waals surface area contributed by atoms with Gasteiger partial charge in [-0.1, -0.05) is 0 Å². The normalized spacial score (nSPS) is 35.8. The molecule has 0 aromatic heterocycles. The van der Waals surface area contributed by atoms with Gasteiger partial charge in [-0.3, -0.25) is 4.79 Å². The highest BCUT2D eigenvalue weighted by Crippen LogP contribution is 2.49. The lowest BCUT2D eigenvalue weighted by Gasteiger charge is -2.25. The van der Waals surface area contributed by atoms with Crippen LogP contribution in [0, 0.1) is 17.3 Å². The van der Waals surface area contributed by atoms with Gasteiger partial charge in [0.15, 0.2) is 0 Å². The van der Waals surface area contributed by atoms with E-state index < -0.39 is 11.4 Å². The van der Waals surface area contributed by atoms with Gasteiger partial charge in [-0.05, 0) is 31.6 Å². The number of aliphatic carboxylic acids is 1. The second-order valence-electron chi connectivity index (χ2n) is 5.88. The molecule has 0 aromatic carbocycles. The van der Waals surface area contributed by atoms with E-state index >= 15 is 0 Å². The van der Waals surface area contributed by atoms with Crippen LogP contribution in [0.1, 0.15) is 19.8 Å². The van der Waals surface area contributed by atoms with Gasteiger partial charge in [0.2, 0.25) is 0 Å². The summed E-state index contributed by atoms with van der Waals surface area (Å²) in [6, 6.07) is 0.0384. The Morgan fingerprint density at radius 2 is 1.71 bits per heavy atom. The van der Waals surface area contributed by atoms with Crippen LogP contribution in [0.15, 0.2) is 0 Å². The number of fused-ring (bicyclic) bond motifs is 1. The first-order chi connectivity index (χ1) is 7.83. The number of carboxylic acids is 1. The SMILES string of the molecule is CN(C)C(=O)N1CC2CC(C)([12C](=O)O)CC2C1. The summed E-state index contributed by atoms with van der Waals surface area (Å²) in [7, 11) is 3.50. The van der Waals surface area contributed by atoms with Gasteiger partial charge < -0.3 is 14.9 Å². The summed E-state index contributed by atoms with van der Waals surface area (Å²) in [5.74, 6) is 0.0254. The van der Waals surface area contributed by atoms with Gasteiger partial charge in [0, 0.05) is 27.2 Å². The zero-order chi connectivity index (χ0) is 12.8. The first kappa shape index (κ1) is 12.2. The molecule has 1 heterocycles. The molecule has 0 spiro atoms. The number of urea groups is 1. The fourth-order valence-corrected chi connectivity index (χ4v) is 3.26. The molecule has 2 amide bonds. The Morgan fingerprint density at radius 3 is 2.06 bits per heavy atom.